The fourth-order valence-electron chi connectivity index (χ4n) is 2.35. The van der Waals surface area contributed by atoms with Crippen molar-refractivity contribution >= 4 is 17.3 Å². The van der Waals surface area contributed by atoms with Crippen molar-refractivity contribution < 1.29 is 0 Å². The molecule has 0 bridgehead atoms. The number of rotatable bonds is 3. The summed E-state index contributed by atoms with van der Waals surface area (Å²) in [6.07, 6.45) is 1.94. The largest absolute Gasteiger partial charge is 0.378 e. The van der Waals surface area contributed by atoms with E-state index in [1.165, 1.54) is 11.1 Å². The van der Waals surface area contributed by atoms with Crippen LogP contribution in [0.1, 0.15) is 22.3 Å². The number of anilines is 1. The maximum atomic E-state index is 9.44. The molecule has 2 aromatic carbocycles. The molecule has 0 aliphatic heterocycles. The Balaban J connectivity index is 2.38. The number of aryl methyl sites for hydroxylation is 2. The first kappa shape index (κ1) is 14.9. The van der Waals surface area contributed by atoms with Gasteiger partial charge in [-0.3, -0.25) is 0 Å². The molecule has 0 saturated heterocycles. The van der Waals surface area contributed by atoms with Gasteiger partial charge in [0.15, 0.2) is 0 Å². The molecule has 106 valence electrons. The van der Waals surface area contributed by atoms with Gasteiger partial charge in [-0.25, -0.2) is 0 Å². The molecule has 0 saturated carbocycles. The second-order valence-electron chi connectivity index (χ2n) is 5.53. The highest BCUT2D eigenvalue weighted by atomic mass is 15.1. The predicted molar refractivity (Wildman–Crippen MR) is 90.2 cm³/mol. The van der Waals surface area contributed by atoms with Crippen molar-refractivity contribution in [3.8, 4) is 6.07 Å². The van der Waals surface area contributed by atoms with Gasteiger partial charge < -0.3 is 4.90 Å². The molecule has 0 aliphatic rings. The Hall–Kier alpha value is -2.53. The minimum absolute atomic E-state index is 0.694. The van der Waals surface area contributed by atoms with Crippen LogP contribution in [0, 0.1) is 25.2 Å². The second-order valence-corrected chi connectivity index (χ2v) is 5.53. The molecule has 0 fully saturated rings. The maximum Gasteiger partial charge on any atom is 0.0998 e. The summed E-state index contributed by atoms with van der Waals surface area (Å²) >= 11 is 0. The van der Waals surface area contributed by atoms with Crippen LogP contribution in [0.25, 0.3) is 11.6 Å². The molecule has 0 aromatic heterocycles. The first-order valence-corrected chi connectivity index (χ1v) is 6.97. The summed E-state index contributed by atoms with van der Waals surface area (Å²) in [6, 6.07) is 16.7. The van der Waals surface area contributed by atoms with E-state index in [0.717, 1.165) is 16.8 Å². The molecule has 0 atom stereocenters. The van der Waals surface area contributed by atoms with Crippen molar-refractivity contribution in [2.75, 3.05) is 19.0 Å². The molecule has 2 heteroatoms. The topological polar surface area (TPSA) is 27.0 Å². The van der Waals surface area contributed by atoms with E-state index >= 15 is 0 Å². The van der Waals surface area contributed by atoms with E-state index in [1.807, 2.05) is 32.3 Å². The molecule has 0 unspecified atom stereocenters. The molecule has 2 rings (SSSR count). The van der Waals surface area contributed by atoms with Gasteiger partial charge in [-0.2, -0.15) is 5.26 Å². The van der Waals surface area contributed by atoms with Gasteiger partial charge in [-0.15, -0.1) is 0 Å². The lowest BCUT2D eigenvalue weighted by Gasteiger charge is -2.12. The van der Waals surface area contributed by atoms with E-state index in [4.69, 9.17) is 0 Å². The number of nitrogens with zero attached hydrogens (tertiary/aromatic N) is 2. The first-order valence-electron chi connectivity index (χ1n) is 6.97. The van der Waals surface area contributed by atoms with Gasteiger partial charge in [0.1, 0.15) is 0 Å². The van der Waals surface area contributed by atoms with Crippen LogP contribution >= 0.6 is 0 Å². The molecule has 0 N–H and O–H groups in total. The third-order valence-electron chi connectivity index (χ3n) is 3.37. The number of benzene rings is 2. The molecule has 0 aliphatic carbocycles. The standard InChI is InChI=1S/C19H20N2/c1-14-9-15(2)11-17(10-14)18(13-20)12-16-5-7-19(8-6-16)21(3)4/h5-12H,1-4H3. The van der Waals surface area contributed by atoms with Gasteiger partial charge in [0.05, 0.1) is 11.6 Å². The van der Waals surface area contributed by atoms with Gasteiger partial charge >= 0.3 is 0 Å². The molecule has 0 heterocycles. The molecule has 2 aromatic rings. The zero-order valence-electron chi connectivity index (χ0n) is 13.0. The minimum Gasteiger partial charge on any atom is -0.378 e. The van der Waals surface area contributed by atoms with Crippen molar-refractivity contribution in [3.05, 3.63) is 64.7 Å². The Morgan fingerprint density at radius 1 is 1.00 bits per heavy atom. The zero-order chi connectivity index (χ0) is 15.4. The Morgan fingerprint density at radius 3 is 2.05 bits per heavy atom. The van der Waals surface area contributed by atoms with E-state index < -0.39 is 0 Å². The van der Waals surface area contributed by atoms with Crippen LogP contribution < -0.4 is 4.90 Å². The van der Waals surface area contributed by atoms with E-state index in [-0.39, 0.29) is 0 Å². The van der Waals surface area contributed by atoms with Crippen molar-refractivity contribution in [1.82, 2.24) is 0 Å². The molecule has 0 radical (unpaired) electrons. The highest BCUT2D eigenvalue weighted by molar-refractivity contribution is 5.90. The summed E-state index contributed by atoms with van der Waals surface area (Å²) in [5.41, 5.74) is 6.21. The van der Waals surface area contributed by atoms with Crippen LogP contribution in [0.4, 0.5) is 5.69 Å². The summed E-state index contributed by atoms with van der Waals surface area (Å²) in [6.45, 7) is 4.11. The first-order chi connectivity index (χ1) is 9.99. The average molecular weight is 276 g/mol. The maximum absolute atomic E-state index is 9.44. The Bertz CT molecular complexity index is 681. The fourth-order valence-corrected chi connectivity index (χ4v) is 2.35. The van der Waals surface area contributed by atoms with Crippen molar-refractivity contribution in [1.29, 1.82) is 5.26 Å². The normalized spacial score (nSPS) is 11.1. The van der Waals surface area contributed by atoms with Gasteiger partial charge in [0.25, 0.3) is 0 Å². The molecular weight excluding hydrogens is 256 g/mol. The van der Waals surface area contributed by atoms with Crippen LogP contribution in [0.2, 0.25) is 0 Å². The van der Waals surface area contributed by atoms with E-state index in [9.17, 15) is 5.26 Å². The third-order valence-corrected chi connectivity index (χ3v) is 3.37. The van der Waals surface area contributed by atoms with Crippen molar-refractivity contribution in [3.63, 3.8) is 0 Å². The summed E-state index contributed by atoms with van der Waals surface area (Å²) in [4.78, 5) is 2.06. The quantitative estimate of drug-likeness (QED) is 0.612. The molecule has 21 heavy (non-hydrogen) atoms. The molecule has 0 amide bonds. The monoisotopic (exact) mass is 276 g/mol. The van der Waals surface area contributed by atoms with Crippen LogP contribution in [0.5, 0.6) is 0 Å². The van der Waals surface area contributed by atoms with Gasteiger partial charge in [0, 0.05) is 19.8 Å². The van der Waals surface area contributed by atoms with E-state index in [2.05, 4.69) is 55.1 Å². The SMILES string of the molecule is Cc1cc(C)cc(C(C#N)=Cc2ccc(N(C)C)cc2)c1. The fraction of sp³-hybridized carbons (Fsp3) is 0.211. The van der Waals surface area contributed by atoms with Crippen LogP contribution in [0.15, 0.2) is 42.5 Å². The van der Waals surface area contributed by atoms with Gasteiger partial charge in [-0.05, 0) is 43.2 Å². The smallest absolute Gasteiger partial charge is 0.0998 e. The summed E-state index contributed by atoms with van der Waals surface area (Å²) in [7, 11) is 4.03. The lowest BCUT2D eigenvalue weighted by Crippen LogP contribution is -2.07. The van der Waals surface area contributed by atoms with Crippen molar-refractivity contribution in [2.45, 2.75) is 13.8 Å². The lowest BCUT2D eigenvalue weighted by atomic mass is 9.99. The van der Waals surface area contributed by atoms with Crippen LogP contribution in [-0.4, -0.2) is 14.1 Å². The lowest BCUT2D eigenvalue weighted by molar-refractivity contribution is 1.13. The predicted octanol–water partition coefficient (Wildman–Crippen LogP) is 4.43. The van der Waals surface area contributed by atoms with Gasteiger partial charge in [0.2, 0.25) is 0 Å². The number of allylic oxidation sites excluding steroid dienone is 1. The summed E-state index contributed by atoms with van der Waals surface area (Å²) in [5, 5.41) is 9.44. The van der Waals surface area contributed by atoms with Gasteiger partial charge in [-0.1, -0.05) is 41.5 Å². The van der Waals surface area contributed by atoms with Crippen LogP contribution in [0.3, 0.4) is 0 Å². The minimum atomic E-state index is 0.694. The Morgan fingerprint density at radius 2 is 1.57 bits per heavy atom. The van der Waals surface area contributed by atoms with E-state index in [1.54, 1.807) is 0 Å². The highest BCUT2D eigenvalue weighted by Gasteiger charge is 2.03. The summed E-state index contributed by atoms with van der Waals surface area (Å²) < 4.78 is 0. The number of hydrogen-bond acceptors (Lipinski definition) is 2. The van der Waals surface area contributed by atoms with Crippen molar-refractivity contribution in [2.24, 2.45) is 0 Å². The van der Waals surface area contributed by atoms with Crippen LogP contribution in [-0.2, 0) is 0 Å². The Kier molecular flexibility index (Phi) is 4.45. The molecular formula is C19H20N2. The summed E-state index contributed by atoms with van der Waals surface area (Å²) in [5.74, 6) is 0. The zero-order valence-corrected chi connectivity index (χ0v) is 13.0. The average Bonchev–Trinajstić information content (AvgIpc) is 2.44. The highest BCUT2D eigenvalue weighted by Crippen LogP contribution is 2.21. The number of nitriles is 1. The molecule has 0 spiro atoms. The third kappa shape index (κ3) is 3.73. The molecule has 2 nitrogen and oxygen atoms in total. The second kappa shape index (κ2) is 6.28. The Labute approximate surface area is 127 Å². The van der Waals surface area contributed by atoms with E-state index in [0.29, 0.717) is 5.57 Å². The number of hydrogen-bond donors (Lipinski definition) is 0.